The molecule has 1 atom stereocenters. The lowest BCUT2D eigenvalue weighted by molar-refractivity contribution is -0.140. The topological polar surface area (TPSA) is 80.0 Å². The summed E-state index contributed by atoms with van der Waals surface area (Å²) in [4.78, 5) is 28.1. The first-order valence-corrected chi connectivity index (χ1v) is 11.6. The van der Waals surface area contributed by atoms with Crippen LogP contribution in [-0.2, 0) is 16.1 Å². The molecule has 0 bridgehead atoms. The molecule has 2 aromatic heterocycles. The second kappa shape index (κ2) is 9.87. The number of ketones is 1. The van der Waals surface area contributed by atoms with Crippen LogP contribution in [-0.4, -0.2) is 28.3 Å². The number of aliphatic hydroxyl groups is 1. The summed E-state index contributed by atoms with van der Waals surface area (Å²) in [6.45, 7) is 2.91. The first-order valence-electron chi connectivity index (χ1n) is 10.7. The van der Waals surface area contributed by atoms with Crippen molar-refractivity contribution in [1.29, 1.82) is 0 Å². The number of thiophene rings is 1. The molecule has 0 spiro atoms. The fourth-order valence-corrected chi connectivity index (χ4v) is 4.61. The summed E-state index contributed by atoms with van der Waals surface area (Å²) in [6.07, 6.45) is 4.74. The minimum atomic E-state index is -0.702. The molecule has 0 aliphatic carbocycles. The van der Waals surface area contributed by atoms with Crippen molar-refractivity contribution >= 4 is 28.8 Å². The number of amides is 1. The summed E-state index contributed by atoms with van der Waals surface area (Å²) in [7, 11) is 0. The summed E-state index contributed by atoms with van der Waals surface area (Å²) in [5.41, 5.74) is 0.545. The highest BCUT2D eigenvalue weighted by Crippen LogP contribution is 2.42. The molecule has 1 unspecified atom stereocenters. The van der Waals surface area contributed by atoms with Crippen LogP contribution in [0.2, 0.25) is 0 Å². The van der Waals surface area contributed by atoms with Crippen molar-refractivity contribution in [2.75, 3.05) is 6.61 Å². The molecule has 1 aliphatic rings. The highest BCUT2D eigenvalue weighted by Gasteiger charge is 2.46. The van der Waals surface area contributed by atoms with Gasteiger partial charge in [0, 0.05) is 10.4 Å². The normalized spacial score (nSPS) is 17.8. The quantitative estimate of drug-likeness (QED) is 0.200. The number of unbranched alkanes of at least 4 members (excludes halogenated alkanes) is 2. The van der Waals surface area contributed by atoms with E-state index in [1.165, 1.54) is 22.5 Å². The molecule has 0 radical (unpaired) electrons. The highest BCUT2D eigenvalue weighted by atomic mass is 32.1. The Kier molecular flexibility index (Phi) is 6.75. The van der Waals surface area contributed by atoms with Gasteiger partial charge in [0.25, 0.3) is 11.7 Å². The molecule has 6 nitrogen and oxygen atoms in total. The highest BCUT2D eigenvalue weighted by molar-refractivity contribution is 7.10. The van der Waals surface area contributed by atoms with Gasteiger partial charge in [-0.2, -0.15) is 0 Å². The monoisotopic (exact) mass is 451 g/mol. The van der Waals surface area contributed by atoms with Crippen molar-refractivity contribution in [2.45, 2.75) is 38.8 Å². The number of carbonyl (C=O) groups excluding carboxylic acids is 2. The maximum atomic E-state index is 13.0. The summed E-state index contributed by atoms with van der Waals surface area (Å²) in [6, 6.07) is 13.5. The third-order valence-electron chi connectivity index (χ3n) is 5.40. The van der Waals surface area contributed by atoms with E-state index in [0.29, 0.717) is 23.7 Å². The molecule has 0 saturated carbocycles. The van der Waals surface area contributed by atoms with Gasteiger partial charge in [-0.25, -0.2) is 0 Å². The van der Waals surface area contributed by atoms with Gasteiger partial charge >= 0.3 is 0 Å². The molecule has 1 amide bonds. The van der Waals surface area contributed by atoms with Crippen LogP contribution in [0.15, 0.2) is 70.2 Å². The number of likely N-dealkylation sites (tertiary alicyclic amines) is 1. The summed E-state index contributed by atoms with van der Waals surface area (Å²) < 4.78 is 11.1. The Hall–Kier alpha value is -3.32. The van der Waals surface area contributed by atoms with Crippen LogP contribution in [0.3, 0.4) is 0 Å². The van der Waals surface area contributed by atoms with E-state index in [2.05, 4.69) is 6.92 Å². The smallest absolute Gasteiger partial charge is 0.296 e. The Morgan fingerprint density at radius 2 is 1.94 bits per heavy atom. The zero-order chi connectivity index (χ0) is 22.5. The van der Waals surface area contributed by atoms with Gasteiger partial charge in [-0.1, -0.05) is 25.8 Å². The van der Waals surface area contributed by atoms with E-state index in [4.69, 9.17) is 9.15 Å². The number of ether oxygens (including phenoxy) is 1. The second-order valence-electron chi connectivity index (χ2n) is 7.60. The van der Waals surface area contributed by atoms with E-state index in [1.54, 1.807) is 36.4 Å². The average Bonchev–Trinajstić information content (AvgIpc) is 3.56. The van der Waals surface area contributed by atoms with Gasteiger partial charge in [0.1, 0.15) is 23.3 Å². The molecule has 1 aromatic carbocycles. The summed E-state index contributed by atoms with van der Waals surface area (Å²) >= 11 is 1.43. The molecule has 32 heavy (non-hydrogen) atoms. The molecule has 1 aliphatic heterocycles. The number of hydrogen-bond acceptors (Lipinski definition) is 6. The van der Waals surface area contributed by atoms with Crippen molar-refractivity contribution in [2.24, 2.45) is 0 Å². The molecule has 1 N–H and O–H groups in total. The first-order chi connectivity index (χ1) is 15.6. The summed E-state index contributed by atoms with van der Waals surface area (Å²) in [5, 5.41) is 13.0. The molecule has 3 aromatic rings. The Morgan fingerprint density at radius 1 is 1.12 bits per heavy atom. The Bertz CT molecular complexity index is 1080. The second-order valence-corrected chi connectivity index (χ2v) is 8.58. The van der Waals surface area contributed by atoms with Gasteiger partial charge in [0.15, 0.2) is 0 Å². The lowest BCUT2D eigenvalue weighted by Crippen LogP contribution is -2.28. The number of aliphatic hydroxyl groups excluding tert-OH is 1. The average molecular weight is 452 g/mol. The molecular formula is C25H25NO5S. The van der Waals surface area contributed by atoms with Gasteiger partial charge in [-0.3, -0.25) is 9.59 Å². The van der Waals surface area contributed by atoms with Crippen LogP contribution in [0.1, 0.15) is 48.4 Å². The van der Waals surface area contributed by atoms with E-state index in [1.807, 2.05) is 17.5 Å². The van der Waals surface area contributed by atoms with Crippen LogP contribution in [0.25, 0.3) is 5.76 Å². The van der Waals surface area contributed by atoms with Crippen molar-refractivity contribution < 1.29 is 23.8 Å². The molecule has 166 valence electrons. The lowest BCUT2D eigenvalue weighted by Gasteiger charge is -2.23. The van der Waals surface area contributed by atoms with Gasteiger partial charge < -0.3 is 19.2 Å². The largest absolute Gasteiger partial charge is 0.507 e. The van der Waals surface area contributed by atoms with E-state index in [9.17, 15) is 14.7 Å². The van der Waals surface area contributed by atoms with Crippen LogP contribution < -0.4 is 4.74 Å². The van der Waals surface area contributed by atoms with Gasteiger partial charge in [0.2, 0.25) is 0 Å². The van der Waals surface area contributed by atoms with Gasteiger partial charge in [-0.05, 0) is 54.3 Å². The minimum Gasteiger partial charge on any atom is -0.507 e. The Morgan fingerprint density at radius 3 is 2.59 bits per heavy atom. The number of nitrogens with zero attached hydrogens (tertiary/aromatic N) is 1. The minimum absolute atomic E-state index is 0.0839. The van der Waals surface area contributed by atoms with Crippen molar-refractivity contribution in [3.05, 3.63) is 81.9 Å². The maximum Gasteiger partial charge on any atom is 0.296 e. The molecule has 7 heteroatoms. The van der Waals surface area contributed by atoms with Gasteiger partial charge in [0.05, 0.1) is 25.0 Å². The van der Waals surface area contributed by atoms with Crippen molar-refractivity contribution in [3.63, 3.8) is 0 Å². The van der Waals surface area contributed by atoms with Crippen molar-refractivity contribution in [1.82, 2.24) is 4.90 Å². The number of benzene rings is 1. The molecule has 4 rings (SSSR count). The summed E-state index contributed by atoms with van der Waals surface area (Å²) in [5.74, 6) is -0.283. The zero-order valence-electron chi connectivity index (χ0n) is 17.8. The number of carbonyl (C=O) groups is 2. The number of hydrogen-bond donors (Lipinski definition) is 1. The molecule has 1 fully saturated rings. The van der Waals surface area contributed by atoms with Crippen LogP contribution in [0.4, 0.5) is 0 Å². The van der Waals surface area contributed by atoms with E-state index in [0.717, 1.165) is 24.1 Å². The standard InChI is InChI=1S/C25H25NO5S/c1-2-3-4-13-30-18-11-9-17(10-12-18)23(27)21-22(20-8-6-15-32-20)26(25(29)24(21)28)16-19-7-5-14-31-19/h5-12,14-15,22,27H,2-4,13,16H2,1H3/b23-21-. The van der Waals surface area contributed by atoms with E-state index < -0.39 is 17.7 Å². The predicted octanol–water partition coefficient (Wildman–Crippen LogP) is 5.53. The predicted molar refractivity (Wildman–Crippen MR) is 122 cm³/mol. The third kappa shape index (κ3) is 4.48. The maximum absolute atomic E-state index is 13.0. The SMILES string of the molecule is CCCCCOc1ccc(/C(O)=C2/C(=O)C(=O)N(Cc3ccco3)C2c2cccs2)cc1. The van der Waals surface area contributed by atoms with Gasteiger partial charge in [-0.15, -0.1) is 11.3 Å². The van der Waals surface area contributed by atoms with Crippen LogP contribution in [0, 0.1) is 0 Å². The third-order valence-corrected chi connectivity index (χ3v) is 6.33. The molecular weight excluding hydrogens is 426 g/mol. The Balaban J connectivity index is 1.65. The number of Topliss-reactive ketones (excluding diaryl/α,β-unsaturated/α-hetero) is 1. The number of furan rings is 1. The van der Waals surface area contributed by atoms with Crippen LogP contribution >= 0.6 is 11.3 Å². The first kappa shape index (κ1) is 21.9. The van der Waals surface area contributed by atoms with Crippen LogP contribution in [0.5, 0.6) is 5.75 Å². The number of rotatable bonds is 9. The molecule has 3 heterocycles. The lowest BCUT2D eigenvalue weighted by atomic mass is 10.00. The Labute approximate surface area is 190 Å². The van der Waals surface area contributed by atoms with E-state index >= 15 is 0 Å². The van der Waals surface area contributed by atoms with E-state index in [-0.39, 0.29) is 17.9 Å². The molecule has 1 saturated heterocycles. The fourth-order valence-electron chi connectivity index (χ4n) is 3.76. The van der Waals surface area contributed by atoms with Crippen molar-refractivity contribution in [3.8, 4) is 5.75 Å². The zero-order valence-corrected chi connectivity index (χ0v) is 18.6. The fraction of sp³-hybridized carbons (Fsp3) is 0.280.